The fraction of sp³-hybridized carbons (Fsp3) is 0.375. The molecule has 1 aromatic heterocycles. The first-order valence-electron chi connectivity index (χ1n) is 8.06. The van der Waals surface area contributed by atoms with Crippen molar-refractivity contribution in [1.29, 1.82) is 0 Å². The molecule has 0 atom stereocenters. The van der Waals surface area contributed by atoms with Gasteiger partial charge in [0, 0.05) is 11.6 Å². The fourth-order valence-corrected chi connectivity index (χ4v) is 2.91. The highest BCUT2D eigenvalue weighted by molar-refractivity contribution is 6.30. The van der Waals surface area contributed by atoms with Gasteiger partial charge >= 0.3 is 5.82 Å². The molecule has 0 aliphatic heterocycles. The predicted molar refractivity (Wildman–Crippen MR) is 92.0 cm³/mol. The lowest BCUT2D eigenvalue weighted by Crippen LogP contribution is -2.22. The van der Waals surface area contributed by atoms with Gasteiger partial charge in [-0.05, 0) is 66.1 Å². The van der Waals surface area contributed by atoms with Crippen LogP contribution in [0.2, 0.25) is 5.02 Å². The van der Waals surface area contributed by atoms with Crippen molar-refractivity contribution in [3.05, 3.63) is 56.5 Å². The van der Waals surface area contributed by atoms with Crippen LogP contribution in [0.25, 0.3) is 5.69 Å². The highest BCUT2D eigenvalue weighted by Crippen LogP contribution is 2.19. The van der Waals surface area contributed by atoms with Crippen molar-refractivity contribution in [1.82, 2.24) is 14.7 Å². The minimum Gasteiger partial charge on any atom is -0.409 e. The SMILES string of the molecule is O=[N+]([O-])c1nn(-c2ccc(Cl)cc2)n(O)c1=NCCC1=CCCCC1. The molecule has 1 N–H and O–H groups in total. The van der Waals surface area contributed by atoms with Gasteiger partial charge in [-0.3, -0.25) is 4.99 Å². The van der Waals surface area contributed by atoms with E-state index in [1.807, 2.05) is 0 Å². The zero-order valence-corrected chi connectivity index (χ0v) is 14.3. The predicted octanol–water partition coefficient (Wildman–Crippen LogP) is 3.26. The first kappa shape index (κ1) is 17.2. The summed E-state index contributed by atoms with van der Waals surface area (Å²) in [7, 11) is 0. The van der Waals surface area contributed by atoms with E-state index >= 15 is 0 Å². The Morgan fingerprint density at radius 3 is 2.72 bits per heavy atom. The standard InChI is InChI=1S/C16H18ClN5O3/c17-13-6-8-14(9-7-13)20-19-16(22(24)25)15(21(20)23)18-11-10-12-4-2-1-3-5-12/h4,6-9,23H,1-3,5,10-11H2. The molecule has 2 aromatic rings. The molecule has 0 saturated heterocycles. The number of hydrogen-bond acceptors (Lipinski definition) is 5. The van der Waals surface area contributed by atoms with Gasteiger partial charge in [0.25, 0.3) is 5.49 Å². The average molecular weight is 364 g/mol. The van der Waals surface area contributed by atoms with E-state index < -0.39 is 10.7 Å². The first-order chi connectivity index (χ1) is 12.1. The summed E-state index contributed by atoms with van der Waals surface area (Å²) in [5.41, 5.74) is 1.58. The summed E-state index contributed by atoms with van der Waals surface area (Å²) in [5.74, 6) is -0.491. The van der Waals surface area contributed by atoms with Crippen molar-refractivity contribution in [2.45, 2.75) is 32.1 Å². The zero-order valence-electron chi connectivity index (χ0n) is 13.5. The van der Waals surface area contributed by atoms with E-state index in [0.29, 0.717) is 22.1 Å². The molecule has 0 saturated carbocycles. The summed E-state index contributed by atoms with van der Waals surface area (Å²) in [6, 6.07) is 6.42. The van der Waals surface area contributed by atoms with E-state index in [4.69, 9.17) is 11.6 Å². The van der Waals surface area contributed by atoms with Gasteiger partial charge in [-0.2, -0.15) is 0 Å². The van der Waals surface area contributed by atoms with E-state index in [-0.39, 0.29) is 5.49 Å². The normalized spacial score (nSPS) is 15.2. The molecule has 1 aliphatic rings. The van der Waals surface area contributed by atoms with Gasteiger partial charge in [0.15, 0.2) is 0 Å². The molecule has 0 radical (unpaired) electrons. The number of aromatic nitrogens is 3. The Morgan fingerprint density at radius 2 is 2.08 bits per heavy atom. The van der Waals surface area contributed by atoms with Gasteiger partial charge in [-0.1, -0.05) is 28.1 Å². The van der Waals surface area contributed by atoms with Crippen LogP contribution in [0.5, 0.6) is 0 Å². The Kier molecular flexibility index (Phi) is 5.18. The van der Waals surface area contributed by atoms with E-state index in [9.17, 15) is 15.3 Å². The second-order valence-electron chi connectivity index (χ2n) is 5.80. The second kappa shape index (κ2) is 7.52. The number of nitrogens with zero attached hydrogens (tertiary/aromatic N) is 5. The quantitative estimate of drug-likeness (QED) is 0.381. The molecule has 0 spiro atoms. The third kappa shape index (κ3) is 3.90. The number of rotatable bonds is 5. The molecule has 8 nitrogen and oxygen atoms in total. The Bertz CT molecular complexity index is 867. The summed E-state index contributed by atoms with van der Waals surface area (Å²) in [6.45, 7) is 0.361. The largest absolute Gasteiger partial charge is 0.438 e. The fourth-order valence-electron chi connectivity index (χ4n) is 2.79. The van der Waals surface area contributed by atoms with Crippen molar-refractivity contribution in [3.63, 3.8) is 0 Å². The molecule has 1 aromatic carbocycles. The lowest BCUT2D eigenvalue weighted by atomic mass is 9.97. The maximum absolute atomic E-state index is 11.3. The van der Waals surface area contributed by atoms with Crippen LogP contribution in [0.3, 0.4) is 0 Å². The monoisotopic (exact) mass is 363 g/mol. The van der Waals surface area contributed by atoms with Crippen LogP contribution in [0.15, 0.2) is 40.9 Å². The van der Waals surface area contributed by atoms with Gasteiger partial charge in [-0.15, -0.1) is 0 Å². The summed E-state index contributed by atoms with van der Waals surface area (Å²) in [5, 5.41) is 25.9. The number of hydrogen-bond donors (Lipinski definition) is 1. The second-order valence-corrected chi connectivity index (χ2v) is 6.24. The maximum atomic E-state index is 11.3. The summed E-state index contributed by atoms with van der Waals surface area (Å²) < 4.78 is 0. The number of nitro groups is 1. The van der Waals surface area contributed by atoms with E-state index in [1.54, 1.807) is 24.3 Å². The first-order valence-corrected chi connectivity index (χ1v) is 8.44. The zero-order chi connectivity index (χ0) is 17.8. The van der Waals surface area contributed by atoms with Gasteiger partial charge < -0.3 is 15.3 Å². The van der Waals surface area contributed by atoms with E-state index in [2.05, 4.69) is 16.2 Å². The van der Waals surface area contributed by atoms with Gasteiger partial charge in [0.2, 0.25) is 0 Å². The molecule has 132 valence electrons. The van der Waals surface area contributed by atoms with Crippen LogP contribution in [0, 0.1) is 10.1 Å². The van der Waals surface area contributed by atoms with Crippen molar-refractivity contribution in [3.8, 4) is 5.69 Å². The van der Waals surface area contributed by atoms with Gasteiger partial charge in [-0.25, -0.2) is 0 Å². The minimum atomic E-state index is -0.655. The van der Waals surface area contributed by atoms with Crippen LogP contribution in [-0.2, 0) is 0 Å². The number of allylic oxidation sites excluding steroid dienone is 1. The van der Waals surface area contributed by atoms with Crippen molar-refractivity contribution in [2.24, 2.45) is 4.99 Å². The highest BCUT2D eigenvalue weighted by Gasteiger charge is 2.23. The summed E-state index contributed by atoms with van der Waals surface area (Å²) in [6.07, 6.45) is 7.42. The van der Waals surface area contributed by atoms with Gasteiger partial charge in [0.05, 0.1) is 5.10 Å². The topological polar surface area (TPSA) is 98.5 Å². The molecular weight excluding hydrogens is 346 g/mol. The Morgan fingerprint density at radius 1 is 1.32 bits per heavy atom. The summed E-state index contributed by atoms with van der Waals surface area (Å²) >= 11 is 5.84. The third-order valence-electron chi connectivity index (χ3n) is 4.07. The average Bonchev–Trinajstić information content (AvgIpc) is 2.94. The molecule has 25 heavy (non-hydrogen) atoms. The molecule has 9 heteroatoms. The van der Waals surface area contributed by atoms with Crippen LogP contribution >= 0.6 is 11.6 Å². The molecule has 0 amide bonds. The molecule has 1 aliphatic carbocycles. The number of benzene rings is 1. The smallest absolute Gasteiger partial charge is 0.409 e. The molecule has 1 heterocycles. The third-order valence-corrected chi connectivity index (χ3v) is 4.32. The van der Waals surface area contributed by atoms with E-state index in [0.717, 1.165) is 24.1 Å². The van der Waals surface area contributed by atoms with Crippen LogP contribution in [0.1, 0.15) is 32.1 Å². The molecule has 0 unspecified atom stereocenters. The summed E-state index contributed by atoms with van der Waals surface area (Å²) in [4.78, 5) is 16.4. The van der Waals surface area contributed by atoms with Gasteiger partial charge in [0.1, 0.15) is 5.69 Å². The van der Waals surface area contributed by atoms with Crippen molar-refractivity contribution >= 4 is 17.4 Å². The Balaban J connectivity index is 1.91. The van der Waals surface area contributed by atoms with Crippen LogP contribution in [0.4, 0.5) is 5.82 Å². The molecule has 3 rings (SSSR count). The minimum absolute atomic E-state index is 0.170. The Labute approximate surface area is 148 Å². The van der Waals surface area contributed by atoms with Crippen LogP contribution in [-0.4, -0.2) is 31.4 Å². The molecule has 0 fully saturated rings. The van der Waals surface area contributed by atoms with Crippen LogP contribution < -0.4 is 5.49 Å². The lowest BCUT2D eigenvalue weighted by molar-refractivity contribution is -0.391. The molecular formula is C16H18ClN5O3. The van der Waals surface area contributed by atoms with Crippen molar-refractivity contribution in [2.75, 3.05) is 6.54 Å². The lowest BCUT2D eigenvalue weighted by Gasteiger charge is -2.10. The maximum Gasteiger partial charge on any atom is 0.438 e. The number of halogens is 1. The van der Waals surface area contributed by atoms with Crippen molar-refractivity contribution < 1.29 is 10.1 Å². The Hall–Kier alpha value is -2.61. The highest BCUT2D eigenvalue weighted by atomic mass is 35.5. The van der Waals surface area contributed by atoms with E-state index in [1.165, 1.54) is 18.4 Å². The molecule has 0 bridgehead atoms.